The molecule has 0 spiro atoms. The lowest BCUT2D eigenvalue weighted by Crippen LogP contribution is -2.25. The summed E-state index contributed by atoms with van der Waals surface area (Å²) in [5.41, 5.74) is 3.55. The number of hydrogen-bond donors (Lipinski definition) is 0. The molecule has 0 aromatic carbocycles. The molecule has 2 aromatic rings. The van der Waals surface area contributed by atoms with E-state index >= 15 is 0 Å². The first kappa shape index (κ1) is 15.1. The van der Waals surface area contributed by atoms with Crippen molar-refractivity contribution in [3.05, 3.63) is 31.5 Å². The van der Waals surface area contributed by atoms with Crippen LogP contribution in [0.2, 0.25) is 0 Å². The van der Waals surface area contributed by atoms with E-state index in [0.717, 1.165) is 19.9 Å². The van der Waals surface area contributed by atoms with Gasteiger partial charge >= 0.3 is 0 Å². The quantitative estimate of drug-likeness (QED) is 0.816. The molecular formula is C11H13BrN2O2S3. The fourth-order valence-electron chi connectivity index (χ4n) is 1.48. The molecule has 0 saturated heterocycles. The third kappa shape index (κ3) is 3.08. The lowest BCUT2D eigenvalue weighted by molar-refractivity contribution is 0.470. The number of hydrogen-bond acceptors (Lipinski definition) is 5. The molecule has 0 atom stereocenters. The highest BCUT2D eigenvalue weighted by Gasteiger charge is 2.24. The summed E-state index contributed by atoms with van der Waals surface area (Å²) >= 11 is 6.07. The maximum Gasteiger partial charge on any atom is 0.252 e. The van der Waals surface area contributed by atoms with Crippen LogP contribution in [0.15, 0.2) is 19.6 Å². The van der Waals surface area contributed by atoms with Crippen LogP contribution in [0.5, 0.6) is 0 Å². The predicted molar refractivity (Wildman–Crippen MR) is 82.3 cm³/mol. The Morgan fingerprint density at radius 2 is 2.11 bits per heavy atom. The van der Waals surface area contributed by atoms with Gasteiger partial charge in [0.05, 0.1) is 15.0 Å². The van der Waals surface area contributed by atoms with E-state index in [9.17, 15) is 8.42 Å². The number of sulfonamides is 1. The summed E-state index contributed by atoms with van der Waals surface area (Å²) in [4.78, 5) is 5.11. The first-order valence-electron chi connectivity index (χ1n) is 5.43. The lowest BCUT2D eigenvalue weighted by Gasteiger charge is -2.15. The first-order chi connectivity index (χ1) is 8.82. The van der Waals surface area contributed by atoms with Crippen molar-refractivity contribution < 1.29 is 8.42 Å². The Hall–Kier alpha value is -0.280. The van der Waals surface area contributed by atoms with Gasteiger partial charge in [-0.3, -0.25) is 0 Å². The Morgan fingerprint density at radius 1 is 1.42 bits per heavy atom. The molecule has 8 heteroatoms. The smallest absolute Gasteiger partial charge is 0.250 e. The minimum atomic E-state index is -3.43. The minimum absolute atomic E-state index is 0.355. The summed E-state index contributed by atoms with van der Waals surface area (Å²) in [5, 5.41) is 0. The molecular weight excluding hydrogens is 368 g/mol. The van der Waals surface area contributed by atoms with Gasteiger partial charge in [0, 0.05) is 18.5 Å². The lowest BCUT2D eigenvalue weighted by atomic mass is 10.4. The number of nitrogens with zero attached hydrogens (tertiary/aromatic N) is 2. The van der Waals surface area contributed by atoms with Crippen LogP contribution in [0.3, 0.4) is 0 Å². The van der Waals surface area contributed by atoms with Crippen molar-refractivity contribution in [3.8, 4) is 0 Å². The van der Waals surface area contributed by atoms with Crippen LogP contribution in [0.25, 0.3) is 0 Å². The second kappa shape index (κ2) is 5.61. The Morgan fingerprint density at radius 3 is 2.58 bits per heavy atom. The molecule has 2 heterocycles. The maximum atomic E-state index is 12.4. The first-order valence-corrected chi connectivity index (χ1v) is 9.36. The Kier molecular flexibility index (Phi) is 4.46. The molecule has 0 aliphatic carbocycles. The minimum Gasteiger partial charge on any atom is -0.250 e. The summed E-state index contributed by atoms with van der Waals surface area (Å²) in [6.45, 7) is 4.12. The zero-order valence-corrected chi connectivity index (χ0v) is 14.7. The van der Waals surface area contributed by atoms with Crippen LogP contribution in [0, 0.1) is 13.8 Å². The van der Waals surface area contributed by atoms with Gasteiger partial charge in [0.15, 0.2) is 0 Å². The van der Waals surface area contributed by atoms with E-state index in [4.69, 9.17) is 0 Å². The zero-order chi connectivity index (χ0) is 14.2. The number of rotatable bonds is 4. The average molecular weight is 381 g/mol. The van der Waals surface area contributed by atoms with Crippen molar-refractivity contribution in [2.45, 2.75) is 24.6 Å². The SMILES string of the molecule is Cc1cc(S(=O)(=O)N(C)Cc2scnc2C)sc1Br. The van der Waals surface area contributed by atoms with Gasteiger partial charge in [-0.15, -0.1) is 22.7 Å². The van der Waals surface area contributed by atoms with E-state index in [1.165, 1.54) is 27.0 Å². The molecule has 2 rings (SSSR count). The molecule has 2 aromatic heterocycles. The van der Waals surface area contributed by atoms with Crippen molar-refractivity contribution >= 4 is 48.6 Å². The van der Waals surface area contributed by atoms with Crippen LogP contribution in [0.1, 0.15) is 16.1 Å². The zero-order valence-electron chi connectivity index (χ0n) is 10.7. The number of thiophene rings is 1. The highest BCUT2D eigenvalue weighted by atomic mass is 79.9. The van der Waals surface area contributed by atoms with Gasteiger partial charge in [0.1, 0.15) is 4.21 Å². The molecule has 0 N–H and O–H groups in total. The number of thiazole rings is 1. The van der Waals surface area contributed by atoms with E-state index < -0.39 is 10.0 Å². The normalized spacial score (nSPS) is 12.3. The Balaban J connectivity index is 2.27. The van der Waals surface area contributed by atoms with Crippen LogP contribution >= 0.6 is 38.6 Å². The topological polar surface area (TPSA) is 50.3 Å². The third-order valence-electron chi connectivity index (χ3n) is 2.71. The monoisotopic (exact) mass is 380 g/mol. The van der Waals surface area contributed by atoms with Gasteiger partial charge in [-0.25, -0.2) is 13.4 Å². The van der Waals surface area contributed by atoms with Crippen molar-refractivity contribution in [1.29, 1.82) is 0 Å². The summed E-state index contributed by atoms with van der Waals surface area (Å²) < 4.78 is 27.5. The highest BCUT2D eigenvalue weighted by molar-refractivity contribution is 9.11. The number of aromatic nitrogens is 1. The summed E-state index contributed by atoms with van der Waals surface area (Å²) in [6.07, 6.45) is 0. The number of halogens is 1. The molecule has 0 aliphatic rings. The fourth-order valence-corrected chi connectivity index (χ4v) is 5.97. The fraction of sp³-hybridized carbons (Fsp3) is 0.364. The van der Waals surface area contributed by atoms with E-state index in [0.29, 0.717) is 10.8 Å². The highest BCUT2D eigenvalue weighted by Crippen LogP contribution is 2.32. The van der Waals surface area contributed by atoms with Crippen LogP contribution in [-0.4, -0.2) is 24.8 Å². The van der Waals surface area contributed by atoms with Gasteiger partial charge in [0.2, 0.25) is 0 Å². The Labute approximate surface area is 129 Å². The summed E-state index contributed by atoms with van der Waals surface area (Å²) in [6, 6.07) is 1.69. The molecule has 0 aliphatic heterocycles. The molecule has 4 nitrogen and oxygen atoms in total. The van der Waals surface area contributed by atoms with Gasteiger partial charge in [-0.05, 0) is 41.4 Å². The molecule has 0 radical (unpaired) electrons. The van der Waals surface area contributed by atoms with E-state index in [2.05, 4.69) is 20.9 Å². The predicted octanol–water partition coefficient (Wildman–Crippen LogP) is 3.40. The van der Waals surface area contributed by atoms with Crippen LogP contribution < -0.4 is 0 Å². The summed E-state index contributed by atoms with van der Waals surface area (Å²) in [7, 11) is -1.84. The van der Waals surface area contributed by atoms with Gasteiger partial charge in [-0.1, -0.05) is 0 Å². The van der Waals surface area contributed by atoms with Gasteiger partial charge < -0.3 is 0 Å². The number of aryl methyl sites for hydroxylation is 2. The largest absolute Gasteiger partial charge is 0.252 e. The second-order valence-electron chi connectivity index (χ2n) is 4.14. The van der Waals surface area contributed by atoms with Crippen LogP contribution in [-0.2, 0) is 16.6 Å². The summed E-state index contributed by atoms with van der Waals surface area (Å²) in [5.74, 6) is 0. The standard InChI is InChI=1S/C11H13BrN2O2S3/c1-7-4-10(18-11(7)12)19(15,16)14(3)5-9-8(2)13-6-17-9/h4,6H,5H2,1-3H3. The van der Waals surface area contributed by atoms with Gasteiger partial charge in [0.25, 0.3) is 10.0 Å². The second-order valence-corrected chi connectivity index (χ2v) is 9.73. The Bertz CT molecular complexity index is 671. The molecule has 0 saturated carbocycles. The molecule has 0 unspecified atom stereocenters. The molecule has 0 bridgehead atoms. The van der Waals surface area contributed by atoms with E-state index in [-0.39, 0.29) is 0 Å². The van der Waals surface area contributed by atoms with Crippen molar-refractivity contribution in [2.24, 2.45) is 0 Å². The molecule has 0 fully saturated rings. The molecule has 0 amide bonds. The maximum absolute atomic E-state index is 12.4. The van der Waals surface area contributed by atoms with Crippen LogP contribution in [0.4, 0.5) is 0 Å². The van der Waals surface area contributed by atoms with E-state index in [1.54, 1.807) is 18.6 Å². The van der Waals surface area contributed by atoms with E-state index in [1.807, 2.05) is 13.8 Å². The molecule has 19 heavy (non-hydrogen) atoms. The third-order valence-corrected chi connectivity index (χ3v) is 8.02. The van der Waals surface area contributed by atoms with Gasteiger partial charge in [-0.2, -0.15) is 4.31 Å². The van der Waals surface area contributed by atoms with Crippen molar-refractivity contribution in [2.75, 3.05) is 7.05 Å². The van der Waals surface area contributed by atoms with Crippen molar-refractivity contribution in [1.82, 2.24) is 9.29 Å². The average Bonchev–Trinajstić information content (AvgIpc) is 2.87. The van der Waals surface area contributed by atoms with Crippen molar-refractivity contribution in [3.63, 3.8) is 0 Å². The molecule has 104 valence electrons.